The molecule has 0 radical (unpaired) electrons. The van der Waals surface area contributed by atoms with Crippen molar-refractivity contribution in [3.05, 3.63) is 65.7 Å². The number of aliphatic hydroxyl groups is 1. The summed E-state index contributed by atoms with van der Waals surface area (Å²) in [6.07, 6.45) is 6.16. The lowest BCUT2D eigenvalue weighted by Crippen LogP contribution is -2.50. The molecule has 1 aliphatic carbocycles. The van der Waals surface area contributed by atoms with Crippen molar-refractivity contribution in [2.75, 3.05) is 27.7 Å². The lowest BCUT2D eigenvalue weighted by molar-refractivity contribution is -0.0808. The van der Waals surface area contributed by atoms with E-state index in [9.17, 15) is 5.11 Å². The number of methoxy groups -OCH3 is 1. The van der Waals surface area contributed by atoms with Gasteiger partial charge in [-0.15, -0.1) is 0 Å². The molecular weight excluding hydrogens is 346 g/mol. The lowest BCUT2D eigenvalue weighted by Gasteiger charge is -2.47. The molecule has 1 aliphatic rings. The Labute approximate surface area is 170 Å². The van der Waals surface area contributed by atoms with Gasteiger partial charge in [0.2, 0.25) is 0 Å². The van der Waals surface area contributed by atoms with Gasteiger partial charge in [0.25, 0.3) is 0 Å². The largest absolute Gasteiger partial charge is 0.497 e. The number of hydrogen-bond acceptors (Lipinski definition) is 3. The molecular formula is C25H35NO2. The van der Waals surface area contributed by atoms with E-state index in [1.165, 1.54) is 17.5 Å². The second-order valence-corrected chi connectivity index (χ2v) is 8.55. The van der Waals surface area contributed by atoms with Gasteiger partial charge in [-0.2, -0.15) is 0 Å². The monoisotopic (exact) mass is 381 g/mol. The highest BCUT2D eigenvalue weighted by atomic mass is 16.5. The highest BCUT2D eigenvalue weighted by Crippen LogP contribution is 2.47. The Balaban J connectivity index is 1.82. The highest BCUT2D eigenvalue weighted by Gasteiger charge is 2.46. The molecule has 3 nitrogen and oxygen atoms in total. The van der Waals surface area contributed by atoms with Gasteiger partial charge in [0, 0.05) is 18.4 Å². The first kappa shape index (κ1) is 20.9. The summed E-state index contributed by atoms with van der Waals surface area (Å²) < 4.78 is 5.45. The van der Waals surface area contributed by atoms with Gasteiger partial charge in [0.1, 0.15) is 5.75 Å². The molecule has 3 heteroatoms. The first-order chi connectivity index (χ1) is 13.5. The average molecular weight is 382 g/mol. The summed E-state index contributed by atoms with van der Waals surface area (Å²) in [6, 6.07) is 18.9. The highest BCUT2D eigenvalue weighted by molar-refractivity contribution is 5.33. The summed E-state index contributed by atoms with van der Waals surface area (Å²) >= 11 is 0. The van der Waals surface area contributed by atoms with Gasteiger partial charge < -0.3 is 14.7 Å². The van der Waals surface area contributed by atoms with Gasteiger partial charge in [-0.1, -0.05) is 48.9 Å². The van der Waals surface area contributed by atoms with Crippen LogP contribution in [0.25, 0.3) is 0 Å². The molecule has 0 aliphatic heterocycles. The summed E-state index contributed by atoms with van der Waals surface area (Å²) in [5.74, 6) is 1.33. The fourth-order valence-corrected chi connectivity index (χ4v) is 4.96. The molecule has 152 valence electrons. The molecule has 0 spiro atoms. The molecule has 0 amide bonds. The van der Waals surface area contributed by atoms with Crippen LogP contribution in [0.2, 0.25) is 0 Å². The smallest absolute Gasteiger partial charge is 0.119 e. The minimum absolute atomic E-state index is 0.164. The Kier molecular flexibility index (Phi) is 7.14. The van der Waals surface area contributed by atoms with Crippen molar-refractivity contribution in [2.45, 2.75) is 50.0 Å². The second kappa shape index (κ2) is 9.58. The molecule has 0 heterocycles. The fourth-order valence-electron chi connectivity index (χ4n) is 4.96. The molecule has 1 saturated carbocycles. The van der Waals surface area contributed by atoms with E-state index in [4.69, 9.17) is 4.74 Å². The van der Waals surface area contributed by atoms with Crippen molar-refractivity contribution in [2.24, 2.45) is 5.92 Å². The van der Waals surface area contributed by atoms with E-state index in [-0.39, 0.29) is 5.92 Å². The zero-order valence-electron chi connectivity index (χ0n) is 17.6. The summed E-state index contributed by atoms with van der Waals surface area (Å²) in [7, 11) is 5.93. The van der Waals surface area contributed by atoms with E-state index in [0.29, 0.717) is 5.92 Å². The van der Waals surface area contributed by atoms with Crippen molar-refractivity contribution < 1.29 is 9.84 Å². The summed E-state index contributed by atoms with van der Waals surface area (Å²) in [4.78, 5) is 2.22. The average Bonchev–Trinajstić information content (AvgIpc) is 2.70. The molecule has 3 rings (SSSR count). The van der Waals surface area contributed by atoms with Crippen LogP contribution in [-0.4, -0.2) is 43.4 Å². The minimum atomic E-state index is -0.677. The van der Waals surface area contributed by atoms with Crippen molar-refractivity contribution in [3.63, 3.8) is 0 Å². The summed E-state index contributed by atoms with van der Waals surface area (Å²) in [5, 5.41) is 12.1. The van der Waals surface area contributed by atoms with Crippen LogP contribution in [0.5, 0.6) is 5.75 Å². The Morgan fingerprint density at radius 1 is 1.07 bits per heavy atom. The maximum atomic E-state index is 12.1. The standard InChI is InChI=1S/C25H35NO2/c1-26(2)19-22-14-8-16-24(21-13-7-15-23(18-21)28-3)25(22,27)17-9-12-20-10-5-4-6-11-20/h4-7,10-11,13,15,18,22,24,27H,8-9,12,14,16-17,19H2,1-3H3. The number of hydrogen-bond donors (Lipinski definition) is 1. The third kappa shape index (κ3) is 4.95. The molecule has 3 atom stereocenters. The number of ether oxygens (including phenoxy) is 1. The van der Waals surface area contributed by atoms with E-state index in [0.717, 1.165) is 44.4 Å². The second-order valence-electron chi connectivity index (χ2n) is 8.55. The van der Waals surface area contributed by atoms with Crippen LogP contribution < -0.4 is 4.74 Å². The number of aryl methyl sites for hydroxylation is 1. The zero-order chi connectivity index (χ0) is 20.0. The molecule has 0 bridgehead atoms. The van der Waals surface area contributed by atoms with Gasteiger partial charge in [0.15, 0.2) is 0 Å². The van der Waals surface area contributed by atoms with Crippen LogP contribution in [0.15, 0.2) is 54.6 Å². The Morgan fingerprint density at radius 2 is 1.86 bits per heavy atom. The van der Waals surface area contributed by atoms with Crippen molar-refractivity contribution >= 4 is 0 Å². The van der Waals surface area contributed by atoms with Crippen molar-refractivity contribution in [1.29, 1.82) is 0 Å². The van der Waals surface area contributed by atoms with Gasteiger partial charge in [-0.25, -0.2) is 0 Å². The van der Waals surface area contributed by atoms with Gasteiger partial charge in [-0.05, 0) is 69.5 Å². The van der Waals surface area contributed by atoms with Crippen LogP contribution in [0, 0.1) is 5.92 Å². The molecule has 1 fully saturated rings. The van der Waals surface area contributed by atoms with Gasteiger partial charge in [-0.3, -0.25) is 0 Å². The lowest BCUT2D eigenvalue weighted by atomic mass is 9.63. The zero-order valence-corrected chi connectivity index (χ0v) is 17.6. The predicted octanol–water partition coefficient (Wildman–Crippen LogP) is 4.89. The quantitative estimate of drug-likeness (QED) is 0.706. The Hall–Kier alpha value is -1.84. The van der Waals surface area contributed by atoms with Crippen molar-refractivity contribution in [3.8, 4) is 5.75 Å². The van der Waals surface area contributed by atoms with E-state index < -0.39 is 5.60 Å². The number of rotatable bonds is 8. The third-order valence-corrected chi connectivity index (χ3v) is 6.32. The Morgan fingerprint density at radius 3 is 2.57 bits per heavy atom. The normalized spacial score (nSPS) is 25.0. The SMILES string of the molecule is COc1cccc(C2CCCC(CN(C)C)C2(O)CCCc2ccccc2)c1. The molecule has 2 aromatic rings. The first-order valence-corrected chi connectivity index (χ1v) is 10.6. The van der Waals surface area contributed by atoms with E-state index in [1.54, 1.807) is 7.11 Å². The van der Waals surface area contributed by atoms with Crippen LogP contribution in [0.3, 0.4) is 0 Å². The molecule has 2 aromatic carbocycles. The summed E-state index contributed by atoms with van der Waals surface area (Å²) in [5.41, 5.74) is 1.89. The van der Waals surface area contributed by atoms with E-state index >= 15 is 0 Å². The van der Waals surface area contributed by atoms with Crippen LogP contribution in [0.1, 0.15) is 49.1 Å². The van der Waals surface area contributed by atoms with E-state index in [1.807, 2.05) is 12.1 Å². The molecule has 1 N–H and O–H groups in total. The van der Waals surface area contributed by atoms with Gasteiger partial charge in [0.05, 0.1) is 12.7 Å². The maximum absolute atomic E-state index is 12.1. The minimum Gasteiger partial charge on any atom is -0.497 e. The topological polar surface area (TPSA) is 32.7 Å². The van der Waals surface area contributed by atoms with Crippen LogP contribution >= 0.6 is 0 Å². The molecule has 3 unspecified atom stereocenters. The van der Waals surface area contributed by atoms with Crippen molar-refractivity contribution in [1.82, 2.24) is 4.90 Å². The number of benzene rings is 2. The fraction of sp³-hybridized carbons (Fsp3) is 0.520. The molecule has 0 saturated heterocycles. The third-order valence-electron chi connectivity index (χ3n) is 6.32. The van der Waals surface area contributed by atoms with Crippen LogP contribution in [0.4, 0.5) is 0 Å². The van der Waals surface area contributed by atoms with Gasteiger partial charge >= 0.3 is 0 Å². The summed E-state index contributed by atoms with van der Waals surface area (Å²) in [6.45, 7) is 0.933. The first-order valence-electron chi connectivity index (χ1n) is 10.6. The number of nitrogens with zero attached hydrogens (tertiary/aromatic N) is 1. The molecule has 0 aromatic heterocycles. The molecule has 28 heavy (non-hydrogen) atoms. The Bertz CT molecular complexity index is 730. The maximum Gasteiger partial charge on any atom is 0.119 e. The van der Waals surface area contributed by atoms with E-state index in [2.05, 4.69) is 61.5 Å². The predicted molar refractivity (Wildman–Crippen MR) is 116 cm³/mol. The van der Waals surface area contributed by atoms with Crippen LogP contribution in [-0.2, 0) is 6.42 Å².